The van der Waals surface area contributed by atoms with E-state index in [2.05, 4.69) is 17.6 Å². The van der Waals surface area contributed by atoms with Crippen molar-refractivity contribution in [2.75, 3.05) is 22.1 Å². The Hall–Kier alpha value is -2.82. The molecule has 1 aliphatic heterocycles. The molecule has 2 amide bonds. The lowest BCUT2D eigenvalue weighted by molar-refractivity contribution is -0.122. The van der Waals surface area contributed by atoms with Crippen molar-refractivity contribution >= 4 is 28.9 Å². The summed E-state index contributed by atoms with van der Waals surface area (Å²) in [5, 5.41) is 5.96. The van der Waals surface area contributed by atoms with Crippen LogP contribution in [0, 0.1) is 0 Å². The number of hydrogen-bond donors (Lipinski definition) is 2. The summed E-state index contributed by atoms with van der Waals surface area (Å²) in [6, 6.07) is 14.7. The Morgan fingerprint density at radius 3 is 2.62 bits per heavy atom. The van der Waals surface area contributed by atoms with Gasteiger partial charge in [-0.2, -0.15) is 0 Å². The number of fused-ring (bicyclic) bond motifs is 1. The second kappa shape index (κ2) is 6.74. The lowest BCUT2D eigenvalue weighted by Crippen LogP contribution is -2.50. The standard InChI is InChI=1S/C19H21N3O2/c1-3-14-8-10-15(11-9-14)21-19(24)13(2)22-17-7-5-4-6-16(17)20-12-18(22)23/h4-11,13,20H,3,12H2,1-2H3,(H,21,24). The smallest absolute Gasteiger partial charge is 0.247 e. The summed E-state index contributed by atoms with van der Waals surface area (Å²) < 4.78 is 0. The number of para-hydroxylation sites is 2. The Morgan fingerprint density at radius 1 is 1.21 bits per heavy atom. The molecule has 0 spiro atoms. The number of carbonyl (C=O) groups excluding carboxylic acids is 2. The fraction of sp³-hybridized carbons (Fsp3) is 0.263. The van der Waals surface area contributed by atoms with Crippen molar-refractivity contribution in [3.05, 3.63) is 54.1 Å². The molecule has 2 aromatic rings. The highest BCUT2D eigenvalue weighted by molar-refractivity contribution is 6.09. The van der Waals surface area contributed by atoms with Crippen LogP contribution in [0.1, 0.15) is 19.4 Å². The van der Waals surface area contributed by atoms with E-state index in [-0.39, 0.29) is 18.4 Å². The van der Waals surface area contributed by atoms with Gasteiger partial charge in [0.05, 0.1) is 17.9 Å². The van der Waals surface area contributed by atoms with Gasteiger partial charge in [0.15, 0.2) is 0 Å². The summed E-state index contributed by atoms with van der Waals surface area (Å²) >= 11 is 0. The maximum absolute atomic E-state index is 12.6. The van der Waals surface area contributed by atoms with Gasteiger partial charge in [0, 0.05) is 5.69 Å². The normalized spacial score (nSPS) is 14.6. The van der Waals surface area contributed by atoms with E-state index in [0.29, 0.717) is 0 Å². The molecule has 0 aromatic heterocycles. The van der Waals surface area contributed by atoms with E-state index in [0.717, 1.165) is 23.5 Å². The number of anilines is 3. The minimum Gasteiger partial charge on any atom is -0.374 e. The molecule has 124 valence electrons. The highest BCUT2D eigenvalue weighted by Crippen LogP contribution is 2.30. The first kappa shape index (κ1) is 16.1. The van der Waals surface area contributed by atoms with Crippen LogP contribution < -0.4 is 15.5 Å². The Labute approximate surface area is 141 Å². The largest absolute Gasteiger partial charge is 0.374 e. The molecule has 0 saturated carbocycles. The molecule has 2 aromatic carbocycles. The van der Waals surface area contributed by atoms with Crippen molar-refractivity contribution < 1.29 is 9.59 Å². The molecule has 0 saturated heterocycles. The molecule has 2 N–H and O–H groups in total. The van der Waals surface area contributed by atoms with E-state index < -0.39 is 6.04 Å². The van der Waals surface area contributed by atoms with Crippen LogP contribution in [0.2, 0.25) is 0 Å². The van der Waals surface area contributed by atoms with Crippen LogP contribution in [-0.2, 0) is 16.0 Å². The molecule has 0 radical (unpaired) electrons. The molecule has 5 heteroatoms. The van der Waals surface area contributed by atoms with E-state index in [4.69, 9.17) is 0 Å². The van der Waals surface area contributed by atoms with Gasteiger partial charge in [-0.3, -0.25) is 14.5 Å². The first-order chi connectivity index (χ1) is 11.6. The van der Waals surface area contributed by atoms with Crippen molar-refractivity contribution in [1.82, 2.24) is 0 Å². The first-order valence-electron chi connectivity index (χ1n) is 8.15. The van der Waals surface area contributed by atoms with Crippen LogP contribution in [0.5, 0.6) is 0 Å². The van der Waals surface area contributed by atoms with E-state index in [9.17, 15) is 9.59 Å². The van der Waals surface area contributed by atoms with Gasteiger partial charge >= 0.3 is 0 Å². The molecule has 0 aliphatic carbocycles. The average Bonchev–Trinajstić information content (AvgIpc) is 2.61. The van der Waals surface area contributed by atoms with Crippen molar-refractivity contribution in [2.24, 2.45) is 0 Å². The summed E-state index contributed by atoms with van der Waals surface area (Å²) in [5.74, 6) is -0.318. The van der Waals surface area contributed by atoms with Crippen molar-refractivity contribution in [1.29, 1.82) is 0 Å². The highest BCUT2D eigenvalue weighted by Gasteiger charge is 2.31. The molecule has 24 heavy (non-hydrogen) atoms. The van der Waals surface area contributed by atoms with Gasteiger partial charge in [0.2, 0.25) is 11.8 Å². The second-order valence-electron chi connectivity index (χ2n) is 5.85. The highest BCUT2D eigenvalue weighted by atomic mass is 16.2. The number of nitrogens with one attached hydrogen (secondary N) is 2. The predicted molar refractivity (Wildman–Crippen MR) is 96.3 cm³/mol. The second-order valence-corrected chi connectivity index (χ2v) is 5.85. The summed E-state index contributed by atoms with van der Waals surface area (Å²) in [7, 11) is 0. The lowest BCUT2D eigenvalue weighted by atomic mass is 10.1. The number of rotatable bonds is 4. The van der Waals surface area contributed by atoms with Crippen LogP contribution >= 0.6 is 0 Å². The molecule has 1 atom stereocenters. The fourth-order valence-electron chi connectivity index (χ4n) is 2.84. The number of carbonyl (C=O) groups is 2. The molecule has 0 fully saturated rings. The van der Waals surface area contributed by atoms with Crippen molar-refractivity contribution in [3.63, 3.8) is 0 Å². The number of aryl methyl sites for hydroxylation is 1. The monoisotopic (exact) mass is 323 g/mol. The molecule has 1 heterocycles. The summed E-state index contributed by atoms with van der Waals surface area (Å²) in [6.07, 6.45) is 0.955. The maximum atomic E-state index is 12.6. The van der Waals surface area contributed by atoms with Crippen LogP contribution in [0.25, 0.3) is 0 Å². The zero-order valence-electron chi connectivity index (χ0n) is 13.9. The lowest BCUT2D eigenvalue weighted by Gasteiger charge is -2.34. The quantitative estimate of drug-likeness (QED) is 0.909. The summed E-state index contributed by atoms with van der Waals surface area (Å²) in [5.41, 5.74) is 3.55. The Bertz CT molecular complexity index is 755. The van der Waals surface area contributed by atoms with E-state index in [1.54, 1.807) is 11.8 Å². The average molecular weight is 323 g/mol. The Morgan fingerprint density at radius 2 is 1.92 bits per heavy atom. The molecule has 1 unspecified atom stereocenters. The molecular formula is C19H21N3O2. The predicted octanol–water partition coefficient (Wildman–Crippen LogP) is 3.03. The number of nitrogens with zero attached hydrogens (tertiary/aromatic N) is 1. The number of amides is 2. The van der Waals surface area contributed by atoms with E-state index in [1.807, 2.05) is 48.5 Å². The first-order valence-corrected chi connectivity index (χ1v) is 8.15. The van der Waals surface area contributed by atoms with Crippen LogP contribution in [0.15, 0.2) is 48.5 Å². The molecule has 3 rings (SSSR count). The third-order valence-electron chi connectivity index (χ3n) is 4.26. The zero-order chi connectivity index (χ0) is 17.1. The fourth-order valence-corrected chi connectivity index (χ4v) is 2.84. The van der Waals surface area contributed by atoms with Gasteiger partial charge in [-0.1, -0.05) is 31.2 Å². The molecular weight excluding hydrogens is 302 g/mol. The van der Waals surface area contributed by atoms with Crippen molar-refractivity contribution in [3.8, 4) is 0 Å². The minimum absolute atomic E-state index is 0.113. The third kappa shape index (κ3) is 3.11. The van der Waals surface area contributed by atoms with E-state index >= 15 is 0 Å². The Balaban J connectivity index is 1.78. The third-order valence-corrected chi connectivity index (χ3v) is 4.26. The van der Waals surface area contributed by atoms with E-state index in [1.165, 1.54) is 5.56 Å². The van der Waals surface area contributed by atoms with Gasteiger partial charge in [-0.25, -0.2) is 0 Å². The Kier molecular flexibility index (Phi) is 4.51. The van der Waals surface area contributed by atoms with Gasteiger partial charge in [0.1, 0.15) is 6.04 Å². The summed E-state index contributed by atoms with van der Waals surface area (Å²) in [6.45, 7) is 4.03. The van der Waals surface area contributed by atoms with Gasteiger partial charge in [-0.05, 0) is 43.2 Å². The molecule has 5 nitrogen and oxygen atoms in total. The zero-order valence-corrected chi connectivity index (χ0v) is 13.9. The van der Waals surface area contributed by atoms with Crippen molar-refractivity contribution in [2.45, 2.75) is 26.3 Å². The minimum atomic E-state index is -0.591. The van der Waals surface area contributed by atoms with Crippen LogP contribution in [0.3, 0.4) is 0 Å². The van der Waals surface area contributed by atoms with Crippen LogP contribution in [-0.4, -0.2) is 24.4 Å². The van der Waals surface area contributed by atoms with Gasteiger partial charge < -0.3 is 10.6 Å². The number of hydrogen-bond acceptors (Lipinski definition) is 3. The summed E-state index contributed by atoms with van der Waals surface area (Å²) in [4.78, 5) is 26.5. The SMILES string of the molecule is CCc1ccc(NC(=O)C(C)N2C(=O)CNc3ccccc32)cc1. The molecule has 0 bridgehead atoms. The topological polar surface area (TPSA) is 61.4 Å². The molecule has 1 aliphatic rings. The van der Waals surface area contributed by atoms with Crippen LogP contribution in [0.4, 0.5) is 17.1 Å². The number of benzene rings is 2. The maximum Gasteiger partial charge on any atom is 0.247 e. The van der Waals surface area contributed by atoms with Gasteiger partial charge in [0.25, 0.3) is 0 Å². The van der Waals surface area contributed by atoms with Gasteiger partial charge in [-0.15, -0.1) is 0 Å².